The Bertz CT molecular complexity index is 1190. The number of fused-ring (bicyclic) bond motifs is 1. The quantitative estimate of drug-likeness (QED) is 0.384. The summed E-state index contributed by atoms with van der Waals surface area (Å²) in [6, 6.07) is 15.9. The van der Waals surface area contributed by atoms with Gasteiger partial charge in [0.05, 0.1) is 16.0 Å². The second-order valence-electron chi connectivity index (χ2n) is 8.34. The lowest BCUT2D eigenvalue weighted by molar-refractivity contribution is -0.113. The molecule has 0 saturated heterocycles. The largest absolute Gasteiger partial charge is 0.486 e. The predicted molar refractivity (Wildman–Crippen MR) is 129 cm³/mol. The molecule has 7 nitrogen and oxygen atoms in total. The number of nitrogens with one attached hydrogen (secondary N) is 1. The molecule has 0 unspecified atom stereocenters. The Morgan fingerprint density at radius 2 is 1.88 bits per heavy atom. The number of hydrogen-bond donors (Lipinski definition) is 1. The molecule has 1 N–H and O–H groups in total. The SMILES string of the molecule is Cn1c(COc2ccc(C(C)(C)C)cc2)nnc1SCC(=O)Nc1nc2ccccc2s1. The first kappa shape index (κ1) is 22.3. The molecular weight excluding hydrogens is 442 g/mol. The lowest BCUT2D eigenvalue weighted by atomic mass is 9.87. The third-order valence-electron chi connectivity index (χ3n) is 4.89. The van der Waals surface area contributed by atoms with Gasteiger partial charge in [-0.25, -0.2) is 4.98 Å². The third-order valence-corrected chi connectivity index (χ3v) is 6.86. The Balaban J connectivity index is 1.30. The number of nitrogens with zero attached hydrogens (tertiary/aromatic N) is 4. The minimum Gasteiger partial charge on any atom is -0.486 e. The van der Waals surface area contributed by atoms with Gasteiger partial charge in [-0.05, 0) is 35.2 Å². The summed E-state index contributed by atoms with van der Waals surface area (Å²) in [4.78, 5) is 16.8. The number of rotatable bonds is 7. The highest BCUT2D eigenvalue weighted by Crippen LogP contribution is 2.26. The molecule has 0 saturated carbocycles. The molecular formula is C23H25N5O2S2. The number of carbonyl (C=O) groups is 1. The van der Waals surface area contributed by atoms with Gasteiger partial charge in [-0.2, -0.15) is 0 Å². The van der Waals surface area contributed by atoms with Crippen LogP contribution < -0.4 is 10.1 Å². The maximum Gasteiger partial charge on any atom is 0.236 e. The highest BCUT2D eigenvalue weighted by atomic mass is 32.2. The van der Waals surface area contributed by atoms with Gasteiger partial charge in [-0.3, -0.25) is 4.79 Å². The van der Waals surface area contributed by atoms with E-state index in [1.54, 1.807) is 0 Å². The van der Waals surface area contributed by atoms with Crippen molar-refractivity contribution in [1.82, 2.24) is 19.7 Å². The lowest BCUT2D eigenvalue weighted by Crippen LogP contribution is -2.14. The van der Waals surface area contributed by atoms with Crippen LogP contribution in [-0.4, -0.2) is 31.4 Å². The van der Waals surface area contributed by atoms with Crippen LogP contribution >= 0.6 is 23.1 Å². The summed E-state index contributed by atoms with van der Waals surface area (Å²) in [5.74, 6) is 1.56. The molecule has 0 spiro atoms. The number of thioether (sulfide) groups is 1. The van der Waals surface area contributed by atoms with Gasteiger partial charge in [0.2, 0.25) is 5.91 Å². The van der Waals surface area contributed by atoms with Crippen molar-refractivity contribution < 1.29 is 9.53 Å². The average molecular weight is 468 g/mol. The zero-order chi connectivity index (χ0) is 22.7. The van der Waals surface area contributed by atoms with Gasteiger partial charge in [0.15, 0.2) is 16.1 Å². The first-order valence-electron chi connectivity index (χ1n) is 10.2. The molecule has 4 rings (SSSR count). The molecule has 166 valence electrons. The first-order chi connectivity index (χ1) is 15.3. The summed E-state index contributed by atoms with van der Waals surface area (Å²) in [6.07, 6.45) is 0. The summed E-state index contributed by atoms with van der Waals surface area (Å²) >= 11 is 2.79. The van der Waals surface area contributed by atoms with Gasteiger partial charge in [0, 0.05) is 7.05 Å². The van der Waals surface area contributed by atoms with Crippen LogP contribution in [-0.2, 0) is 23.9 Å². The van der Waals surface area contributed by atoms with Crippen LogP contribution in [0.3, 0.4) is 0 Å². The summed E-state index contributed by atoms with van der Waals surface area (Å²) in [7, 11) is 1.87. The molecule has 4 aromatic rings. The summed E-state index contributed by atoms with van der Waals surface area (Å²) in [5.41, 5.74) is 2.24. The first-order valence-corrected chi connectivity index (χ1v) is 12.0. The van der Waals surface area contributed by atoms with Crippen molar-refractivity contribution in [2.45, 2.75) is 37.9 Å². The third kappa shape index (κ3) is 5.28. The van der Waals surface area contributed by atoms with E-state index in [1.165, 1.54) is 28.7 Å². The van der Waals surface area contributed by atoms with E-state index in [2.05, 4.69) is 53.4 Å². The fourth-order valence-corrected chi connectivity index (χ4v) is 4.62. The van der Waals surface area contributed by atoms with E-state index in [9.17, 15) is 4.79 Å². The number of aromatic nitrogens is 4. The van der Waals surface area contributed by atoms with E-state index >= 15 is 0 Å². The number of amides is 1. The van der Waals surface area contributed by atoms with E-state index in [0.717, 1.165) is 16.0 Å². The van der Waals surface area contributed by atoms with Crippen LogP contribution in [0.2, 0.25) is 0 Å². The number of para-hydroxylation sites is 1. The number of anilines is 1. The van der Waals surface area contributed by atoms with Crippen LogP contribution in [0, 0.1) is 0 Å². The van der Waals surface area contributed by atoms with Crippen LogP contribution in [0.25, 0.3) is 10.2 Å². The zero-order valence-electron chi connectivity index (χ0n) is 18.5. The van der Waals surface area contributed by atoms with Crippen LogP contribution in [0.5, 0.6) is 5.75 Å². The minimum absolute atomic E-state index is 0.105. The zero-order valence-corrected chi connectivity index (χ0v) is 20.1. The number of benzene rings is 2. The van der Waals surface area contributed by atoms with Gasteiger partial charge < -0.3 is 14.6 Å². The molecule has 0 atom stereocenters. The van der Waals surface area contributed by atoms with Crippen molar-refractivity contribution in [3.05, 3.63) is 59.9 Å². The molecule has 0 aliphatic rings. The van der Waals surface area contributed by atoms with Gasteiger partial charge >= 0.3 is 0 Å². The molecule has 9 heteroatoms. The maximum absolute atomic E-state index is 12.3. The Hall–Kier alpha value is -2.91. The summed E-state index contributed by atoms with van der Waals surface area (Å²) in [6.45, 7) is 6.85. The topological polar surface area (TPSA) is 81.9 Å². The highest BCUT2D eigenvalue weighted by Gasteiger charge is 2.15. The Morgan fingerprint density at radius 1 is 1.12 bits per heavy atom. The molecule has 0 aliphatic heterocycles. The molecule has 2 aromatic heterocycles. The summed E-state index contributed by atoms with van der Waals surface area (Å²) < 4.78 is 8.76. The van der Waals surface area contributed by atoms with Gasteiger partial charge in [-0.1, -0.05) is 68.1 Å². The second kappa shape index (κ2) is 9.30. The average Bonchev–Trinajstić information content (AvgIpc) is 3.32. The Labute approximate surface area is 195 Å². The maximum atomic E-state index is 12.3. The minimum atomic E-state index is -0.131. The number of ether oxygens (including phenoxy) is 1. The smallest absolute Gasteiger partial charge is 0.236 e. The number of hydrogen-bond acceptors (Lipinski definition) is 7. The molecule has 1 amide bonds. The number of carbonyl (C=O) groups excluding carboxylic acids is 1. The van der Waals surface area contributed by atoms with Crippen molar-refractivity contribution in [3.63, 3.8) is 0 Å². The van der Waals surface area contributed by atoms with E-state index in [4.69, 9.17) is 4.74 Å². The normalized spacial score (nSPS) is 11.6. The Morgan fingerprint density at radius 3 is 2.59 bits per heavy atom. The highest BCUT2D eigenvalue weighted by molar-refractivity contribution is 7.99. The van der Waals surface area contributed by atoms with Gasteiger partial charge in [0.25, 0.3) is 0 Å². The van der Waals surface area contributed by atoms with Crippen LogP contribution in [0.4, 0.5) is 5.13 Å². The van der Waals surface area contributed by atoms with E-state index in [0.29, 0.717) is 22.7 Å². The number of thiazole rings is 1. The van der Waals surface area contributed by atoms with Crippen molar-refractivity contribution in [2.75, 3.05) is 11.1 Å². The monoisotopic (exact) mass is 467 g/mol. The van der Waals surface area contributed by atoms with Crippen molar-refractivity contribution in [1.29, 1.82) is 0 Å². The van der Waals surface area contributed by atoms with Crippen LogP contribution in [0.1, 0.15) is 32.2 Å². The van der Waals surface area contributed by atoms with Crippen molar-refractivity contribution >= 4 is 44.4 Å². The van der Waals surface area contributed by atoms with E-state index in [1.807, 2.05) is 48.0 Å². The van der Waals surface area contributed by atoms with E-state index < -0.39 is 0 Å². The molecule has 2 heterocycles. The second-order valence-corrected chi connectivity index (χ2v) is 10.3. The van der Waals surface area contributed by atoms with Crippen molar-refractivity contribution in [2.24, 2.45) is 7.05 Å². The molecule has 32 heavy (non-hydrogen) atoms. The van der Waals surface area contributed by atoms with Gasteiger partial charge in [-0.15, -0.1) is 10.2 Å². The fraction of sp³-hybridized carbons (Fsp3) is 0.304. The molecule has 0 radical (unpaired) electrons. The molecule has 0 fully saturated rings. The predicted octanol–water partition coefficient (Wildman–Crippen LogP) is 5.03. The van der Waals surface area contributed by atoms with E-state index in [-0.39, 0.29) is 17.1 Å². The fourth-order valence-electron chi connectivity index (χ4n) is 3.01. The summed E-state index contributed by atoms with van der Waals surface area (Å²) in [5, 5.41) is 12.5. The molecule has 0 bridgehead atoms. The van der Waals surface area contributed by atoms with Crippen molar-refractivity contribution in [3.8, 4) is 5.75 Å². The standard InChI is InChI=1S/C23H25N5O2S2/c1-23(2,3)15-9-11-16(12-10-15)30-13-19-26-27-22(28(19)4)31-14-20(29)25-21-24-17-7-5-6-8-18(17)32-21/h5-12H,13-14H2,1-4H3,(H,24,25,29). The van der Waals surface area contributed by atoms with Gasteiger partial charge in [0.1, 0.15) is 12.4 Å². The molecule has 2 aromatic carbocycles. The lowest BCUT2D eigenvalue weighted by Gasteiger charge is -2.19. The molecule has 0 aliphatic carbocycles. The Kier molecular flexibility index (Phi) is 6.48. The van der Waals surface area contributed by atoms with Crippen LogP contribution in [0.15, 0.2) is 53.7 Å².